The molecule has 0 bridgehead atoms. The fraction of sp³-hybridized carbons (Fsp3) is 0.200. The molecule has 1 amide bonds. The van der Waals surface area contributed by atoms with Crippen LogP contribution in [0.25, 0.3) is 0 Å². The van der Waals surface area contributed by atoms with Gasteiger partial charge in [0.05, 0.1) is 4.92 Å². The number of carbonyl (C=O) groups excluding carboxylic acids is 1. The van der Waals surface area contributed by atoms with Crippen molar-refractivity contribution < 1.29 is 9.72 Å². The first-order chi connectivity index (χ1) is 7.65. The fourth-order valence-corrected chi connectivity index (χ4v) is 0.995. The molecule has 0 radical (unpaired) electrons. The van der Waals surface area contributed by atoms with E-state index in [1.807, 2.05) is 6.92 Å². The van der Waals surface area contributed by atoms with Crippen LogP contribution in [0.3, 0.4) is 0 Å². The Morgan fingerprint density at radius 3 is 2.62 bits per heavy atom. The summed E-state index contributed by atoms with van der Waals surface area (Å²) >= 11 is 0. The highest BCUT2D eigenvalue weighted by Crippen LogP contribution is 2.11. The molecule has 0 atom stereocenters. The standard InChI is InChI=1S/C10H11N3O3/c1-2-7-11-12-10(14)8-3-5-9(6-4-8)13(15)16/h3-7H,2H2,1H3,(H,12,14). The third-order valence-electron chi connectivity index (χ3n) is 1.78. The molecule has 0 unspecified atom stereocenters. The Kier molecular flexibility index (Phi) is 4.14. The molecular weight excluding hydrogens is 210 g/mol. The number of amides is 1. The van der Waals surface area contributed by atoms with Crippen molar-refractivity contribution in [1.29, 1.82) is 0 Å². The van der Waals surface area contributed by atoms with E-state index in [9.17, 15) is 14.9 Å². The van der Waals surface area contributed by atoms with Crippen LogP contribution in [0, 0.1) is 10.1 Å². The minimum Gasteiger partial charge on any atom is -0.267 e. The molecule has 0 heterocycles. The van der Waals surface area contributed by atoms with Crippen molar-refractivity contribution in [2.24, 2.45) is 5.10 Å². The predicted molar refractivity (Wildman–Crippen MR) is 59.3 cm³/mol. The van der Waals surface area contributed by atoms with E-state index in [1.54, 1.807) is 6.21 Å². The largest absolute Gasteiger partial charge is 0.271 e. The molecule has 0 spiro atoms. The highest BCUT2D eigenvalue weighted by Gasteiger charge is 2.08. The summed E-state index contributed by atoms with van der Waals surface area (Å²) in [6.45, 7) is 1.89. The number of hydrazone groups is 1. The number of nitrogens with one attached hydrogen (secondary N) is 1. The van der Waals surface area contributed by atoms with Gasteiger partial charge in [-0.05, 0) is 18.6 Å². The fourth-order valence-electron chi connectivity index (χ4n) is 0.995. The maximum atomic E-state index is 11.4. The van der Waals surface area contributed by atoms with Gasteiger partial charge in [-0.15, -0.1) is 0 Å². The molecule has 1 rings (SSSR count). The van der Waals surface area contributed by atoms with Gasteiger partial charge < -0.3 is 0 Å². The molecule has 1 aromatic carbocycles. The first-order valence-corrected chi connectivity index (χ1v) is 4.71. The normalized spacial score (nSPS) is 10.3. The van der Waals surface area contributed by atoms with E-state index in [-0.39, 0.29) is 11.6 Å². The minimum atomic E-state index is -0.517. The van der Waals surface area contributed by atoms with Gasteiger partial charge in [-0.2, -0.15) is 5.10 Å². The number of benzene rings is 1. The van der Waals surface area contributed by atoms with E-state index in [0.717, 1.165) is 6.42 Å². The van der Waals surface area contributed by atoms with Crippen LogP contribution in [-0.4, -0.2) is 17.0 Å². The smallest absolute Gasteiger partial charge is 0.267 e. The number of nitro benzene ring substituents is 1. The summed E-state index contributed by atoms with van der Waals surface area (Å²) in [4.78, 5) is 21.3. The van der Waals surface area contributed by atoms with Gasteiger partial charge in [-0.1, -0.05) is 6.92 Å². The number of hydrogen-bond donors (Lipinski definition) is 1. The minimum absolute atomic E-state index is 0.0476. The lowest BCUT2D eigenvalue weighted by molar-refractivity contribution is -0.384. The van der Waals surface area contributed by atoms with Crippen LogP contribution in [0.2, 0.25) is 0 Å². The van der Waals surface area contributed by atoms with Crippen molar-refractivity contribution in [3.8, 4) is 0 Å². The van der Waals surface area contributed by atoms with Gasteiger partial charge in [0.1, 0.15) is 0 Å². The molecule has 16 heavy (non-hydrogen) atoms. The Morgan fingerprint density at radius 2 is 2.12 bits per heavy atom. The van der Waals surface area contributed by atoms with Crippen LogP contribution >= 0.6 is 0 Å². The second kappa shape index (κ2) is 5.59. The van der Waals surface area contributed by atoms with Crippen LogP contribution in [-0.2, 0) is 0 Å². The van der Waals surface area contributed by atoms with E-state index < -0.39 is 4.92 Å². The van der Waals surface area contributed by atoms with Crippen LogP contribution in [0.4, 0.5) is 5.69 Å². The lowest BCUT2D eigenvalue weighted by Crippen LogP contribution is -2.17. The van der Waals surface area contributed by atoms with Gasteiger partial charge in [-0.25, -0.2) is 5.43 Å². The molecule has 84 valence electrons. The molecule has 0 fully saturated rings. The quantitative estimate of drug-likeness (QED) is 0.477. The van der Waals surface area contributed by atoms with Crippen molar-refractivity contribution in [3.63, 3.8) is 0 Å². The van der Waals surface area contributed by atoms with E-state index in [1.165, 1.54) is 24.3 Å². The van der Waals surface area contributed by atoms with Gasteiger partial charge in [0, 0.05) is 23.9 Å². The first kappa shape index (κ1) is 11.8. The Balaban J connectivity index is 2.70. The Bertz CT molecular complexity index is 412. The number of nitrogens with zero attached hydrogens (tertiary/aromatic N) is 2. The highest BCUT2D eigenvalue weighted by atomic mass is 16.6. The molecule has 0 saturated carbocycles. The second-order valence-corrected chi connectivity index (χ2v) is 2.96. The van der Waals surface area contributed by atoms with Crippen molar-refractivity contribution in [2.45, 2.75) is 13.3 Å². The summed E-state index contributed by atoms with van der Waals surface area (Å²) in [6.07, 6.45) is 2.28. The predicted octanol–water partition coefficient (Wildman–Crippen LogP) is 1.72. The summed E-state index contributed by atoms with van der Waals surface area (Å²) in [6, 6.07) is 5.32. The zero-order valence-electron chi connectivity index (χ0n) is 8.71. The second-order valence-electron chi connectivity index (χ2n) is 2.96. The summed E-state index contributed by atoms with van der Waals surface area (Å²) in [5.74, 6) is -0.389. The number of carbonyl (C=O) groups is 1. The molecule has 0 aliphatic rings. The van der Waals surface area contributed by atoms with Crippen molar-refractivity contribution in [1.82, 2.24) is 5.43 Å². The van der Waals surface area contributed by atoms with Crippen molar-refractivity contribution in [3.05, 3.63) is 39.9 Å². The van der Waals surface area contributed by atoms with Crippen molar-refractivity contribution in [2.75, 3.05) is 0 Å². The van der Waals surface area contributed by atoms with E-state index in [2.05, 4.69) is 10.5 Å². The van der Waals surface area contributed by atoms with Crippen molar-refractivity contribution >= 4 is 17.8 Å². The number of hydrogen-bond acceptors (Lipinski definition) is 4. The van der Waals surface area contributed by atoms with Gasteiger partial charge in [0.25, 0.3) is 11.6 Å². The van der Waals surface area contributed by atoms with E-state index in [0.29, 0.717) is 5.56 Å². The molecule has 1 aromatic rings. The lowest BCUT2D eigenvalue weighted by Gasteiger charge is -1.98. The molecule has 1 N–H and O–H groups in total. The van der Waals surface area contributed by atoms with Gasteiger partial charge in [-0.3, -0.25) is 14.9 Å². The summed E-state index contributed by atoms with van der Waals surface area (Å²) in [7, 11) is 0. The average Bonchev–Trinajstić information content (AvgIpc) is 2.29. The van der Waals surface area contributed by atoms with Gasteiger partial charge >= 0.3 is 0 Å². The van der Waals surface area contributed by atoms with E-state index in [4.69, 9.17) is 0 Å². The van der Waals surface area contributed by atoms with Crippen LogP contribution < -0.4 is 5.43 Å². The summed E-state index contributed by atoms with van der Waals surface area (Å²) < 4.78 is 0. The molecule has 6 nitrogen and oxygen atoms in total. The van der Waals surface area contributed by atoms with Crippen LogP contribution in [0.15, 0.2) is 29.4 Å². The maximum absolute atomic E-state index is 11.4. The number of non-ortho nitro benzene ring substituents is 1. The Labute approximate surface area is 92.1 Å². The summed E-state index contributed by atoms with van der Waals surface area (Å²) in [5.41, 5.74) is 2.59. The third kappa shape index (κ3) is 3.16. The van der Waals surface area contributed by atoms with E-state index >= 15 is 0 Å². The van der Waals surface area contributed by atoms with Crippen LogP contribution in [0.5, 0.6) is 0 Å². The molecular formula is C10H11N3O3. The maximum Gasteiger partial charge on any atom is 0.271 e. The molecule has 0 aliphatic carbocycles. The Morgan fingerprint density at radius 1 is 1.50 bits per heavy atom. The molecule has 0 saturated heterocycles. The van der Waals surface area contributed by atoms with Crippen LogP contribution in [0.1, 0.15) is 23.7 Å². The topological polar surface area (TPSA) is 84.6 Å². The average molecular weight is 221 g/mol. The molecule has 0 aliphatic heterocycles. The molecule has 0 aromatic heterocycles. The zero-order valence-corrected chi connectivity index (χ0v) is 8.71. The number of rotatable bonds is 4. The van der Waals surface area contributed by atoms with Gasteiger partial charge in [0.15, 0.2) is 0 Å². The monoisotopic (exact) mass is 221 g/mol. The molecule has 6 heteroatoms. The summed E-state index contributed by atoms with van der Waals surface area (Å²) in [5, 5.41) is 14.0. The highest BCUT2D eigenvalue weighted by molar-refractivity contribution is 5.94. The first-order valence-electron chi connectivity index (χ1n) is 4.71. The Hall–Kier alpha value is -2.24. The lowest BCUT2D eigenvalue weighted by atomic mass is 10.2. The third-order valence-corrected chi connectivity index (χ3v) is 1.78. The SMILES string of the molecule is CCC=NNC(=O)c1ccc([N+](=O)[O-])cc1. The van der Waals surface area contributed by atoms with Gasteiger partial charge in [0.2, 0.25) is 0 Å². The number of nitro groups is 1. The zero-order chi connectivity index (χ0) is 12.0.